The number of methoxy groups -OCH3 is 1. The van der Waals surface area contributed by atoms with Crippen LogP contribution in [0.5, 0.6) is 0 Å². The van der Waals surface area contributed by atoms with E-state index in [9.17, 15) is 9.59 Å². The Morgan fingerprint density at radius 2 is 1.90 bits per heavy atom. The van der Waals surface area contributed by atoms with Crippen molar-refractivity contribution in [1.29, 1.82) is 0 Å². The van der Waals surface area contributed by atoms with Crippen LogP contribution in [-0.4, -0.2) is 37.6 Å². The predicted octanol–water partition coefficient (Wildman–Crippen LogP) is 1.61. The van der Waals surface area contributed by atoms with Crippen molar-refractivity contribution in [2.75, 3.05) is 20.2 Å². The van der Waals surface area contributed by atoms with Gasteiger partial charge in [-0.05, 0) is 58.5 Å². The highest BCUT2D eigenvalue weighted by molar-refractivity contribution is 5.76. The van der Waals surface area contributed by atoms with Gasteiger partial charge in [0.05, 0.1) is 7.11 Å². The molecular formula is C15H28N2O3. The van der Waals surface area contributed by atoms with Crippen LogP contribution in [0.1, 0.15) is 52.4 Å². The molecule has 1 heterocycles. The maximum absolute atomic E-state index is 12.0. The van der Waals surface area contributed by atoms with E-state index in [-0.39, 0.29) is 17.4 Å². The minimum Gasteiger partial charge on any atom is -0.469 e. The Bertz CT molecular complexity index is 323. The molecule has 116 valence electrons. The van der Waals surface area contributed by atoms with Crippen LogP contribution in [0.2, 0.25) is 0 Å². The Morgan fingerprint density at radius 1 is 1.25 bits per heavy atom. The van der Waals surface area contributed by atoms with Crippen LogP contribution in [0.4, 0.5) is 0 Å². The summed E-state index contributed by atoms with van der Waals surface area (Å²) in [6.07, 6.45) is 4.79. The second kappa shape index (κ2) is 8.25. The predicted molar refractivity (Wildman–Crippen MR) is 78.3 cm³/mol. The standard InChI is InChI=1S/C15H28N2O3/c1-15(2,9-6-14(19)20-3)17-13(18)5-4-12-7-10-16-11-8-12/h12,16H,4-11H2,1-3H3,(H,17,18). The topological polar surface area (TPSA) is 67.4 Å². The Balaban J connectivity index is 2.23. The van der Waals surface area contributed by atoms with E-state index in [0.29, 0.717) is 25.2 Å². The lowest BCUT2D eigenvalue weighted by molar-refractivity contribution is -0.141. The number of carbonyl (C=O) groups is 2. The molecule has 5 nitrogen and oxygen atoms in total. The smallest absolute Gasteiger partial charge is 0.305 e. The second-order valence-corrected chi connectivity index (χ2v) is 6.24. The number of amides is 1. The van der Waals surface area contributed by atoms with E-state index in [4.69, 9.17) is 0 Å². The van der Waals surface area contributed by atoms with Crippen LogP contribution in [0.3, 0.4) is 0 Å². The highest BCUT2D eigenvalue weighted by Gasteiger charge is 2.22. The van der Waals surface area contributed by atoms with E-state index in [1.807, 2.05) is 13.8 Å². The minimum absolute atomic E-state index is 0.0819. The summed E-state index contributed by atoms with van der Waals surface area (Å²) in [5.41, 5.74) is -0.362. The van der Waals surface area contributed by atoms with Crippen LogP contribution in [0, 0.1) is 5.92 Å². The van der Waals surface area contributed by atoms with Crippen molar-refractivity contribution in [3.63, 3.8) is 0 Å². The van der Waals surface area contributed by atoms with Crippen molar-refractivity contribution in [2.24, 2.45) is 5.92 Å². The molecule has 20 heavy (non-hydrogen) atoms. The van der Waals surface area contributed by atoms with Gasteiger partial charge in [0.15, 0.2) is 0 Å². The SMILES string of the molecule is COC(=O)CCC(C)(C)NC(=O)CCC1CCNCC1. The molecule has 1 saturated heterocycles. The number of nitrogens with one attached hydrogen (secondary N) is 2. The lowest BCUT2D eigenvalue weighted by Gasteiger charge is -2.27. The summed E-state index contributed by atoms with van der Waals surface area (Å²) in [6.45, 7) is 6.02. The van der Waals surface area contributed by atoms with Gasteiger partial charge in [-0.25, -0.2) is 0 Å². The molecule has 0 aromatic rings. The van der Waals surface area contributed by atoms with Crippen molar-refractivity contribution >= 4 is 11.9 Å². The van der Waals surface area contributed by atoms with Crippen molar-refractivity contribution in [3.05, 3.63) is 0 Å². The molecular weight excluding hydrogens is 256 g/mol. The summed E-state index contributed by atoms with van der Waals surface area (Å²) in [7, 11) is 1.38. The lowest BCUT2D eigenvalue weighted by atomic mass is 9.92. The fourth-order valence-corrected chi connectivity index (χ4v) is 2.52. The average molecular weight is 284 g/mol. The minimum atomic E-state index is -0.362. The molecule has 0 unspecified atom stereocenters. The quantitative estimate of drug-likeness (QED) is 0.697. The highest BCUT2D eigenvalue weighted by atomic mass is 16.5. The molecule has 0 atom stereocenters. The number of hydrogen-bond donors (Lipinski definition) is 2. The van der Waals surface area contributed by atoms with Crippen molar-refractivity contribution < 1.29 is 14.3 Å². The van der Waals surface area contributed by atoms with Gasteiger partial charge >= 0.3 is 5.97 Å². The number of hydrogen-bond acceptors (Lipinski definition) is 4. The maximum atomic E-state index is 12.0. The molecule has 1 rings (SSSR count). The summed E-state index contributed by atoms with van der Waals surface area (Å²) in [5.74, 6) is 0.514. The summed E-state index contributed by atoms with van der Waals surface area (Å²) in [4.78, 5) is 23.1. The Labute approximate surface area is 121 Å². The van der Waals surface area contributed by atoms with Crippen LogP contribution in [-0.2, 0) is 14.3 Å². The zero-order chi connectivity index (χ0) is 15.0. The fraction of sp³-hybridized carbons (Fsp3) is 0.867. The number of piperidine rings is 1. The molecule has 0 aromatic carbocycles. The first-order valence-corrected chi connectivity index (χ1v) is 7.51. The summed E-state index contributed by atoms with van der Waals surface area (Å²) in [6, 6.07) is 0. The van der Waals surface area contributed by atoms with E-state index < -0.39 is 0 Å². The first-order valence-electron chi connectivity index (χ1n) is 7.51. The summed E-state index contributed by atoms with van der Waals surface area (Å²) < 4.78 is 4.62. The molecule has 0 aliphatic carbocycles. The molecule has 1 aliphatic heterocycles. The van der Waals surface area contributed by atoms with Gasteiger partial charge in [0.25, 0.3) is 0 Å². The van der Waals surface area contributed by atoms with Crippen LogP contribution in [0.25, 0.3) is 0 Å². The van der Waals surface area contributed by atoms with Crippen LogP contribution in [0.15, 0.2) is 0 Å². The van der Waals surface area contributed by atoms with Crippen LogP contribution < -0.4 is 10.6 Å². The molecule has 1 aliphatic rings. The third-order valence-corrected chi connectivity index (χ3v) is 3.90. The van der Waals surface area contributed by atoms with Crippen molar-refractivity contribution in [3.8, 4) is 0 Å². The van der Waals surface area contributed by atoms with E-state index in [0.717, 1.165) is 19.5 Å². The first kappa shape index (κ1) is 17.0. The molecule has 5 heteroatoms. The van der Waals surface area contributed by atoms with Gasteiger partial charge in [0, 0.05) is 18.4 Å². The number of rotatable bonds is 7. The Kier molecular flexibility index (Phi) is 6.99. The van der Waals surface area contributed by atoms with Crippen molar-refractivity contribution in [2.45, 2.75) is 57.9 Å². The van der Waals surface area contributed by atoms with Gasteiger partial charge in [0.2, 0.25) is 5.91 Å². The van der Waals surface area contributed by atoms with Gasteiger partial charge in [-0.3, -0.25) is 9.59 Å². The second-order valence-electron chi connectivity index (χ2n) is 6.24. The van der Waals surface area contributed by atoms with Gasteiger partial charge < -0.3 is 15.4 Å². The lowest BCUT2D eigenvalue weighted by Crippen LogP contribution is -2.43. The summed E-state index contributed by atoms with van der Waals surface area (Å²) >= 11 is 0. The molecule has 2 N–H and O–H groups in total. The van der Waals surface area contributed by atoms with Gasteiger partial charge in [-0.2, -0.15) is 0 Å². The third kappa shape index (κ3) is 6.89. The zero-order valence-corrected chi connectivity index (χ0v) is 13.0. The summed E-state index contributed by atoms with van der Waals surface area (Å²) in [5, 5.41) is 6.34. The highest BCUT2D eigenvalue weighted by Crippen LogP contribution is 2.18. The van der Waals surface area contributed by atoms with Crippen LogP contribution >= 0.6 is 0 Å². The third-order valence-electron chi connectivity index (χ3n) is 3.90. The zero-order valence-electron chi connectivity index (χ0n) is 13.0. The molecule has 1 fully saturated rings. The average Bonchev–Trinajstić information content (AvgIpc) is 2.43. The maximum Gasteiger partial charge on any atom is 0.305 e. The largest absolute Gasteiger partial charge is 0.469 e. The fourth-order valence-electron chi connectivity index (χ4n) is 2.52. The molecule has 0 saturated carbocycles. The van der Waals surface area contributed by atoms with E-state index in [1.54, 1.807) is 0 Å². The number of carbonyl (C=O) groups excluding carboxylic acids is 2. The number of esters is 1. The molecule has 0 spiro atoms. The van der Waals surface area contributed by atoms with Crippen molar-refractivity contribution in [1.82, 2.24) is 10.6 Å². The monoisotopic (exact) mass is 284 g/mol. The van der Waals surface area contributed by atoms with Gasteiger partial charge in [0.1, 0.15) is 0 Å². The van der Waals surface area contributed by atoms with E-state index in [1.165, 1.54) is 20.0 Å². The van der Waals surface area contributed by atoms with E-state index in [2.05, 4.69) is 15.4 Å². The first-order chi connectivity index (χ1) is 9.43. The molecule has 0 radical (unpaired) electrons. The van der Waals surface area contributed by atoms with Gasteiger partial charge in [-0.15, -0.1) is 0 Å². The normalized spacial score (nSPS) is 16.8. The van der Waals surface area contributed by atoms with E-state index >= 15 is 0 Å². The molecule has 1 amide bonds. The number of ether oxygens (including phenoxy) is 1. The van der Waals surface area contributed by atoms with Gasteiger partial charge in [-0.1, -0.05) is 0 Å². The Morgan fingerprint density at radius 3 is 2.50 bits per heavy atom. The molecule has 0 aromatic heterocycles. The molecule has 0 bridgehead atoms. The Hall–Kier alpha value is -1.10.